The van der Waals surface area contributed by atoms with Gasteiger partial charge in [0, 0.05) is 15.1 Å². The third kappa shape index (κ3) is 3.80. The van der Waals surface area contributed by atoms with Gasteiger partial charge in [-0.1, -0.05) is 6.07 Å². The summed E-state index contributed by atoms with van der Waals surface area (Å²) in [6.45, 7) is 3.65. The molecule has 0 aliphatic carbocycles. The molecule has 0 fully saturated rings. The number of hydrogen-bond donors (Lipinski definition) is 2. The molecule has 0 saturated heterocycles. The van der Waals surface area contributed by atoms with Crippen molar-refractivity contribution in [3.63, 3.8) is 0 Å². The number of thiophene rings is 1. The van der Waals surface area contributed by atoms with Gasteiger partial charge in [-0.3, -0.25) is 0 Å². The van der Waals surface area contributed by atoms with Gasteiger partial charge in [0.25, 0.3) is 0 Å². The Labute approximate surface area is 131 Å². The second-order valence-electron chi connectivity index (χ2n) is 6.01. The lowest BCUT2D eigenvalue weighted by Crippen LogP contribution is -2.40. The van der Waals surface area contributed by atoms with Crippen molar-refractivity contribution >= 4 is 21.4 Å². The number of fused-ring (bicyclic) bond motifs is 1. The van der Waals surface area contributed by atoms with E-state index in [1.807, 2.05) is 6.92 Å². The zero-order chi connectivity index (χ0) is 16.5. The quantitative estimate of drug-likeness (QED) is 0.860. The van der Waals surface area contributed by atoms with Crippen molar-refractivity contribution in [2.75, 3.05) is 6.61 Å². The Balaban J connectivity index is 2.22. The van der Waals surface area contributed by atoms with Gasteiger partial charge in [-0.25, -0.2) is 0 Å². The van der Waals surface area contributed by atoms with E-state index in [1.165, 1.54) is 17.4 Å². The number of rotatable bonds is 5. The number of hydrogen-bond acceptors (Lipinski definition) is 3. The normalized spacial score (nSPS) is 15.2. The molecule has 1 aromatic heterocycles. The standard InChI is InChI=1S/C16H20F3NOS/c1-10-12(4-3-7-15(2,20)9-21)13-6-5-11(16(17,18)19)8-14(13)22-10/h5-6,8,21H,3-4,7,9,20H2,1-2H3. The highest BCUT2D eigenvalue weighted by atomic mass is 32.1. The van der Waals surface area contributed by atoms with Crippen molar-refractivity contribution < 1.29 is 18.3 Å². The summed E-state index contributed by atoms with van der Waals surface area (Å²) < 4.78 is 39.0. The maximum atomic E-state index is 12.8. The molecule has 3 N–H and O–H groups in total. The molecule has 2 nitrogen and oxygen atoms in total. The predicted molar refractivity (Wildman–Crippen MR) is 84.2 cm³/mol. The van der Waals surface area contributed by atoms with E-state index in [0.29, 0.717) is 11.1 Å². The maximum Gasteiger partial charge on any atom is 0.416 e. The fourth-order valence-corrected chi connectivity index (χ4v) is 3.66. The molecular formula is C16H20F3NOS. The Morgan fingerprint density at radius 2 is 1.95 bits per heavy atom. The summed E-state index contributed by atoms with van der Waals surface area (Å²) in [7, 11) is 0. The van der Waals surface area contributed by atoms with E-state index in [0.717, 1.165) is 34.7 Å². The third-order valence-corrected chi connectivity index (χ3v) is 4.97. The highest BCUT2D eigenvalue weighted by molar-refractivity contribution is 7.19. The van der Waals surface area contributed by atoms with Crippen LogP contribution in [0, 0.1) is 6.92 Å². The van der Waals surface area contributed by atoms with Crippen LogP contribution in [0.4, 0.5) is 13.2 Å². The number of aliphatic hydroxyl groups excluding tert-OH is 1. The molecule has 1 atom stereocenters. The minimum absolute atomic E-state index is 0.0781. The van der Waals surface area contributed by atoms with Crippen LogP contribution in [0.1, 0.15) is 35.8 Å². The predicted octanol–water partition coefficient (Wildman–Crippen LogP) is 4.26. The molecule has 2 aromatic rings. The highest BCUT2D eigenvalue weighted by Crippen LogP contribution is 2.37. The van der Waals surface area contributed by atoms with E-state index in [1.54, 1.807) is 13.0 Å². The van der Waals surface area contributed by atoms with Gasteiger partial charge in [0.15, 0.2) is 0 Å². The Hall–Kier alpha value is -1.11. The second kappa shape index (κ2) is 6.18. The van der Waals surface area contributed by atoms with Crippen LogP contribution in [-0.2, 0) is 12.6 Å². The molecule has 1 unspecified atom stereocenters. The lowest BCUT2D eigenvalue weighted by Gasteiger charge is -2.21. The molecule has 0 amide bonds. The fourth-order valence-electron chi connectivity index (χ4n) is 2.51. The molecule has 0 bridgehead atoms. The van der Waals surface area contributed by atoms with Gasteiger partial charge in [0.1, 0.15) is 0 Å². The molecule has 122 valence electrons. The van der Waals surface area contributed by atoms with E-state index in [2.05, 4.69) is 0 Å². The Morgan fingerprint density at radius 3 is 2.55 bits per heavy atom. The molecule has 0 radical (unpaired) electrons. The van der Waals surface area contributed by atoms with Crippen LogP contribution in [-0.4, -0.2) is 17.3 Å². The van der Waals surface area contributed by atoms with E-state index in [-0.39, 0.29) is 6.61 Å². The lowest BCUT2D eigenvalue weighted by atomic mass is 9.94. The number of benzene rings is 1. The van der Waals surface area contributed by atoms with Crippen LogP contribution in [0.15, 0.2) is 18.2 Å². The largest absolute Gasteiger partial charge is 0.416 e. The Kier molecular flexibility index (Phi) is 4.84. The smallest absolute Gasteiger partial charge is 0.394 e. The number of alkyl halides is 3. The first-order chi connectivity index (χ1) is 10.1. The number of nitrogens with two attached hydrogens (primary N) is 1. The summed E-state index contributed by atoms with van der Waals surface area (Å²) in [4.78, 5) is 1.04. The summed E-state index contributed by atoms with van der Waals surface area (Å²) in [5.74, 6) is 0. The maximum absolute atomic E-state index is 12.8. The van der Waals surface area contributed by atoms with E-state index >= 15 is 0 Å². The van der Waals surface area contributed by atoms with Gasteiger partial charge in [-0.15, -0.1) is 11.3 Å². The van der Waals surface area contributed by atoms with E-state index < -0.39 is 17.3 Å². The second-order valence-corrected chi connectivity index (χ2v) is 7.27. The summed E-state index contributed by atoms with van der Waals surface area (Å²) in [5.41, 5.74) is 5.77. The summed E-state index contributed by atoms with van der Waals surface area (Å²) in [5, 5.41) is 10.0. The average Bonchev–Trinajstić information content (AvgIpc) is 2.73. The van der Waals surface area contributed by atoms with Gasteiger partial charge in [0.05, 0.1) is 12.2 Å². The van der Waals surface area contributed by atoms with Gasteiger partial charge >= 0.3 is 6.18 Å². The van der Waals surface area contributed by atoms with E-state index in [9.17, 15) is 13.2 Å². The molecule has 0 aliphatic heterocycles. The first kappa shape index (κ1) is 17.2. The van der Waals surface area contributed by atoms with Crippen LogP contribution < -0.4 is 5.73 Å². The van der Waals surface area contributed by atoms with Gasteiger partial charge in [-0.05, 0) is 56.2 Å². The molecule has 0 saturated carbocycles. The van der Waals surface area contributed by atoms with Crippen molar-refractivity contribution in [3.8, 4) is 0 Å². The average molecular weight is 331 g/mol. The fraction of sp³-hybridized carbons (Fsp3) is 0.500. The molecule has 22 heavy (non-hydrogen) atoms. The minimum atomic E-state index is -4.31. The number of aryl methyl sites for hydroxylation is 2. The molecule has 6 heteroatoms. The molecule has 1 heterocycles. The molecule has 0 spiro atoms. The zero-order valence-electron chi connectivity index (χ0n) is 12.6. The van der Waals surface area contributed by atoms with Crippen LogP contribution in [0.2, 0.25) is 0 Å². The van der Waals surface area contributed by atoms with Gasteiger partial charge in [0.2, 0.25) is 0 Å². The van der Waals surface area contributed by atoms with Crippen LogP contribution in [0.5, 0.6) is 0 Å². The highest BCUT2D eigenvalue weighted by Gasteiger charge is 2.30. The summed E-state index contributed by atoms with van der Waals surface area (Å²) >= 11 is 1.39. The molecule has 2 rings (SSSR count). The zero-order valence-corrected chi connectivity index (χ0v) is 13.4. The summed E-state index contributed by atoms with van der Waals surface area (Å²) in [6.07, 6.45) is -2.10. The molecule has 1 aromatic carbocycles. The van der Waals surface area contributed by atoms with Crippen molar-refractivity contribution in [1.82, 2.24) is 0 Å². The number of aliphatic hydroxyl groups is 1. The van der Waals surface area contributed by atoms with Crippen molar-refractivity contribution in [2.45, 2.75) is 44.8 Å². The first-order valence-corrected chi connectivity index (χ1v) is 7.95. The lowest BCUT2D eigenvalue weighted by molar-refractivity contribution is -0.137. The van der Waals surface area contributed by atoms with Gasteiger partial charge < -0.3 is 10.8 Å². The van der Waals surface area contributed by atoms with Crippen LogP contribution in [0.3, 0.4) is 0 Å². The van der Waals surface area contributed by atoms with Crippen molar-refractivity contribution in [2.24, 2.45) is 5.73 Å². The van der Waals surface area contributed by atoms with Crippen molar-refractivity contribution in [1.29, 1.82) is 0 Å². The molecular weight excluding hydrogens is 311 g/mol. The third-order valence-electron chi connectivity index (χ3n) is 3.86. The van der Waals surface area contributed by atoms with Crippen LogP contribution in [0.25, 0.3) is 10.1 Å². The minimum Gasteiger partial charge on any atom is -0.394 e. The first-order valence-electron chi connectivity index (χ1n) is 7.13. The number of halogens is 3. The topological polar surface area (TPSA) is 46.2 Å². The monoisotopic (exact) mass is 331 g/mol. The van der Waals surface area contributed by atoms with E-state index in [4.69, 9.17) is 10.8 Å². The van der Waals surface area contributed by atoms with Crippen LogP contribution >= 0.6 is 11.3 Å². The Morgan fingerprint density at radius 1 is 1.27 bits per heavy atom. The Bertz CT molecular complexity index is 661. The van der Waals surface area contributed by atoms with Gasteiger partial charge in [-0.2, -0.15) is 13.2 Å². The molecule has 0 aliphatic rings. The summed E-state index contributed by atoms with van der Waals surface area (Å²) in [6, 6.07) is 3.92. The van der Waals surface area contributed by atoms with Crippen molar-refractivity contribution in [3.05, 3.63) is 34.2 Å². The SMILES string of the molecule is Cc1sc2cc(C(F)(F)F)ccc2c1CCCC(C)(N)CO.